The Labute approximate surface area is 113 Å². The monoisotopic (exact) mass is 252 g/mol. The zero-order valence-corrected chi connectivity index (χ0v) is 12.4. The Morgan fingerprint density at radius 3 is 2.50 bits per heavy atom. The molecule has 106 valence electrons. The zero-order chi connectivity index (χ0) is 13.0. The van der Waals surface area contributed by atoms with Gasteiger partial charge in [0.2, 0.25) is 0 Å². The first-order valence-corrected chi connectivity index (χ1v) is 8.09. The fourth-order valence-electron chi connectivity index (χ4n) is 4.38. The molecule has 2 aliphatic rings. The molecular weight excluding hydrogens is 220 g/mol. The third kappa shape index (κ3) is 3.48. The van der Waals surface area contributed by atoms with Crippen molar-refractivity contribution in [3.05, 3.63) is 0 Å². The summed E-state index contributed by atoms with van der Waals surface area (Å²) in [5, 5.41) is 3.89. The highest BCUT2D eigenvalue weighted by Gasteiger charge is 2.36. The van der Waals surface area contributed by atoms with E-state index in [4.69, 9.17) is 5.73 Å². The SMILES string of the molecule is CC(C)CC1(CNC2CCCC2CN)CCCC1. The number of rotatable bonds is 6. The van der Waals surface area contributed by atoms with Crippen molar-refractivity contribution in [1.29, 1.82) is 0 Å². The standard InChI is InChI=1S/C16H32N2/c1-13(2)10-16(8-3-4-9-16)12-18-15-7-5-6-14(15)11-17/h13-15,18H,3-12,17H2,1-2H3. The van der Waals surface area contributed by atoms with Crippen LogP contribution in [0.1, 0.15) is 65.2 Å². The number of hydrogen-bond donors (Lipinski definition) is 2. The van der Waals surface area contributed by atoms with Gasteiger partial charge in [-0.05, 0) is 55.9 Å². The van der Waals surface area contributed by atoms with Gasteiger partial charge in [-0.25, -0.2) is 0 Å². The molecule has 2 nitrogen and oxygen atoms in total. The lowest BCUT2D eigenvalue weighted by Gasteiger charge is -2.33. The van der Waals surface area contributed by atoms with E-state index in [1.807, 2.05) is 0 Å². The zero-order valence-electron chi connectivity index (χ0n) is 12.4. The van der Waals surface area contributed by atoms with Crippen molar-refractivity contribution in [3.8, 4) is 0 Å². The van der Waals surface area contributed by atoms with Gasteiger partial charge in [0, 0.05) is 12.6 Å². The summed E-state index contributed by atoms with van der Waals surface area (Å²) in [7, 11) is 0. The third-order valence-corrected chi connectivity index (χ3v) is 5.21. The van der Waals surface area contributed by atoms with Gasteiger partial charge in [-0.2, -0.15) is 0 Å². The lowest BCUT2D eigenvalue weighted by Crippen LogP contribution is -2.42. The molecule has 0 aromatic carbocycles. The Kier molecular flexibility index (Phi) is 5.08. The predicted octanol–water partition coefficient (Wildman–Crippen LogP) is 3.31. The Morgan fingerprint density at radius 1 is 1.17 bits per heavy atom. The first kappa shape index (κ1) is 14.3. The molecule has 0 spiro atoms. The lowest BCUT2D eigenvalue weighted by molar-refractivity contribution is 0.208. The van der Waals surface area contributed by atoms with E-state index < -0.39 is 0 Å². The summed E-state index contributed by atoms with van der Waals surface area (Å²) in [5.41, 5.74) is 6.49. The van der Waals surface area contributed by atoms with E-state index in [1.165, 1.54) is 57.9 Å². The van der Waals surface area contributed by atoms with E-state index in [0.29, 0.717) is 11.5 Å². The summed E-state index contributed by atoms with van der Waals surface area (Å²) in [6.07, 6.45) is 11.2. The van der Waals surface area contributed by atoms with E-state index >= 15 is 0 Å². The number of nitrogens with two attached hydrogens (primary N) is 1. The summed E-state index contributed by atoms with van der Waals surface area (Å²) in [6, 6.07) is 0.708. The van der Waals surface area contributed by atoms with Gasteiger partial charge in [0.25, 0.3) is 0 Å². The van der Waals surface area contributed by atoms with Crippen LogP contribution in [-0.4, -0.2) is 19.1 Å². The molecule has 2 fully saturated rings. The molecule has 0 aliphatic heterocycles. The van der Waals surface area contributed by atoms with Crippen molar-refractivity contribution < 1.29 is 0 Å². The minimum atomic E-state index is 0.607. The number of hydrogen-bond acceptors (Lipinski definition) is 2. The van der Waals surface area contributed by atoms with Crippen molar-refractivity contribution in [2.24, 2.45) is 23.0 Å². The molecule has 2 unspecified atom stereocenters. The normalized spacial score (nSPS) is 31.3. The molecule has 0 saturated heterocycles. The molecule has 2 aliphatic carbocycles. The second-order valence-corrected chi connectivity index (χ2v) is 7.22. The van der Waals surface area contributed by atoms with Gasteiger partial charge >= 0.3 is 0 Å². The van der Waals surface area contributed by atoms with Crippen LogP contribution in [0, 0.1) is 17.3 Å². The predicted molar refractivity (Wildman–Crippen MR) is 78.5 cm³/mol. The molecule has 3 N–H and O–H groups in total. The van der Waals surface area contributed by atoms with Crippen LogP contribution in [-0.2, 0) is 0 Å². The van der Waals surface area contributed by atoms with Gasteiger partial charge in [-0.15, -0.1) is 0 Å². The van der Waals surface area contributed by atoms with E-state index in [0.717, 1.165) is 18.4 Å². The third-order valence-electron chi connectivity index (χ3n) is 5.21. The van der Waals surface area contributed by atoms with Crippen molar-refractivity contribution in [2.45, 2.75) is 71.3 Å². The molecule has 2 atom stereocenters. The Morgan fingerprint density at radius 2 is 1.89 bits per heavy atom. The quantitative estimate of drug-likeness (QED) is 0.761. The molecule has 0 aromatic rings. The van der Waals surface area contributed by atoms with Crippen LogP contribution in [0.4, 0.5) is 0 Å². The molecular formula is C16H32N2. The Bertz CT molecular complexity index is 243. The fraction of sp³-hybridized carbons (Fsp3) is 1.00. The van der Waals surface area contributed by atoms with E-state index in [2.05, 4.69) is 19.2 Å². The van der Waals surface area contributed by atoms with Crippen LogP contribution in [0.25, 0.3) is 0 Å². The lowest BCUT2D eigenvalue weighted by atomic mass is 9.78. The van der Waals surface area contributed by atoms with Crippen LogP contribution >= 0.6 is 0 Å². The average Bonchev–Trinajstić information content (AvgIpc) is 2.94. The minimum absolute atomic E-state index is 0.607. The van der Waals surface area contributed by atoms with Crippen molar-refractivity contribution >= 4 is 0 Å². The molecule has 0 bridgehead atoms. The molecule has 2 heteroatoms. The van der Waals surface area contributed by atoms with Crippen LogP contribution in [0.15, 0.2) is 0 Å². The van der Waals surface area contributed by atoms with E-state index in [1.54, 1.807) is 0 Å². The van der Waals surface area contributed by atoms with Crippen LogP contribution in [0.3, 0.4) is 0 Å². The Hall–Kier alpha value is -0.0800. The Balaban J connectivity index is 1.85. The van der Waals surface area contributed by atoms with Gasteiger partial charge < -0.3 is 11.1 Å². The molecule has 0 amide bonds. The van der Waals surface area contributed by atoms with Gasteiger partial charge in [-0.3, -0.25) is 0 Å². The van der Waals surface area contributed by atoms with Gasteiger partial charge in [0.1, 0.15) is 0 Å². The second kappa shape index (κ2) is 6.38. The van der Waals surface area contributed by atoms with E-state index in [9.17, 15) is 0 Å². The smallest absolute Gasteiger partial charge is 0.0108 e. The minimum Gasteiger partial charge on any atom is -0.330 e. The summed E-state index contributed by atoms with van der Waals surface area (Å²) in [4.78, 5) is 0. The first-order valence-electron chi connectivity index (χ1n) is 8.09. The van der Waals surface area contributed by atoms with Crippen LogP contribution < -0.4 is 11.1 Å². The topological polar surface area (TPSA) is 38.0 Å². The summed E-state index contributed by atoms with van der Waals surface area (Å²) < 4.78 is 0. The molecule has 0 heterocycles. The summed E-state index contributed by atoms with van der Waals surface area (Å²) in [6.45, 7) is 6.86. The highest BCUT2D eigenvalue weighted by atomic mass is 14.9. The molecule has 18 heavy (non-hydrogen) atoms. The van der Waals surface area contributed by atoms with Crippen LogP contribution in [0.2, 0.25) is 0 Å². The first-order chi connectivity index (χ1) is 8.65. The van der Waals surface area contributed by atoms with Crippen molar-refractivity contribution in [2.75, 3.05) is 13.1 Å². The summed E-state index contributed by atoms with van der Waals surface area (Å²) in [5.74, 6) is 1.57. The maximum Gasteiger partial charge on any atom is 0.0108 e. The van der Waals surface area contributed by atoms with E-state index in [-0.39, 0.29) is 0 Å². The number of nitrogens with one attached hydrogen (secondary N) is 1. The largest absolute Gasteiger partial charge is 0.330 e. The highest BCUT2D eigenvalue weighted by molar-refractivity contribution is 4.91. The maximum atomic E-state index is 5.88. The fourth-order valence-corrected chi connectivity index (χ4v) is 4.38. The summed E-state index contributed by atoms with van der Waals surface area (Å²) >= 11 is 0. The second-order valence-electron chi connectivity index (χ2n) is 7.22. The van der Waals surface area contributed by atoms with Crippen LogP contribution in [0.5, 0.6) is 0 Å². The molecule has 0 radical (unpaired) electrons. The molecule has 2 saturated carbocycles. The average molecular weight is 252 g/mol. The highest BCUT2D eigenvalue weighted by Crippen LogP contribution is 2.43. The van der Waals surface area contributed by atoms with Gasteiger partial charge in [0.05, 0.1) is 0 Å². The molecule has 2 rings (SSSR count). The van der Waals surface area contributed by atoms with Gasteiger partial charge in [-0.1, -0.05) is 33.1 Å². The van der Waals surface area contributed by atoms with Crippen molar-refractivity contribution in [1.82, 2.24) is 5.32 Å². The van der Waals surface area contributed by atoms with Gasteiger partial charge in [0.15, 0.2) is 0 Å². The maximum absolute atomic E-state index is 5.88. The van der Waals surface area contributed by atoms with Crippen molar-refractivity contribution in [3.63, 3.8) is 0 Å². The molecule has 0 aromatic heterocycles.